The molecule has 0 aliphatic carbocycles. The molecule has 96 valence electrons. The average Bonchev–Trinajstić information content (AvgIpc) is 2.24. The van der Waals surface area contributed by atoms with Crippen molar-refractivity contribution < 1.29 is 0 Å². The van der Waals surface area contributed by atoms with E-state index in [0.29, 0.717) is 5.92 Å². The topological polar surface area (TPSA) is 25.8 Å². The maximum absolute atomic E-state index is 4.84. The molecule has 0 N–H and O–H groups in total. The molecule has 0 fully saturated rings. The molecule has 0 saturated heterocycles. The summed E-state index contributed by atoms with van der Waals surface area (Å²) in [6.45, 7) is 15.0. The number of fused-ring (bicyclic) bond motifs is 1. The lowest BCUT2D eigenvalue weighted by Gasteiger charge is -2.18. The van der Waals surface area contributed by atoms with Gasteiger partial charge in [0.1, 0.15) is 0 Å². The number of hydrogen-bond donors (Lipinski definition) is 0. The molecule has 0 aromatic carbocycles. The van der Waals surface area contributed by atoms with Gasteiger partial charge in [0.15, 0.2) is 0 Å². The number of rotatable bonds is 1. The normalized spacial score (nSPS) is 11.6. The first-order valence-electron chi connectivity index (χ1n) is 6.59. The largest absolute Gasteiger partial charge is 0.257 e. The SMILES string of the molecule is Cc1nc2c(C)c(C)nc(C)c2c(C)c1C(C)C. The van der Waals surface area contributed by atoms with Crippen molar-refractivity contribution in [3.63, 3.8) is 0 Å². The van der Waals surface area contributed by atoms with Crippen LogP contribution in [0.25, 0.3) is 10.9 Å². The van der Waals surface area contributed by atoms with Gasteiger partial charge in [0, 0.05) is 22.5 Å². The van der Waals surface area contributed by atoms with E-state index in [-0.39, 0.29) is 0 Å². The van der Waals surface area contributed by atoms with Crippen LogP contribution in [0.3, 0.4) is 0 Å². The molecule has 0 aliphatic heterocycles. The molecule has 2 heterocycles. The minimum atomic E-state index is 0.503. The Kier molecular flexibility index (Phi) is 3.14. The van der Waals surface area contributed by atoms with Crippen LogP contribution in [0.2, 0.25) is 0 Å². The fourth-order valence-corrected chi connectivity index (χ4v) is 2.99. The van der Waals surface area contributed by atoms with Gasteiger partial charge in [-0.3, -0.25) is 9.97 Å². The van der Waals surface area contributed by atoms with Crippen LogP contribution in [0.15, 0.2) is 0 Å². The van der Waals surface area contributed by atoms with Crippen LogP contribution >= 0.6 is 0 Å². The van der Waals surface area contributed by atoms with Crippen molar-refractivity contribution >= 4 is 10.9 Å². The van der Waals surface area contributed by atoms with E-state index in [2.05, 4.69) is 53.5 Å². The van der Waals surface area contributed by atoms with Gasteiger partial charge in [-0.25, -0.2) is 0 Å². The number of aryl methyl sites for hydroxylation is 5. The lowest BCUT2D eigenvalue weighted by atomic mass is 9.92. The highest BCUT2D eigenvalue weighted by Crippen LogP contribution is 2.31. The summed E-state index contributed by atoms with van der Waals surface area (Å²) in [5.74, 6) is 0.503. The van der Waals surface area contributed by atoms with Gasteiger partial charge >= 0.3 is 0 Å². The van der Waals surface area contributed by atoms with Crippen molar-refractivity contribution in [2.24, 2.45) is 0 Å². The summed E-state index contributed by atoms with van der Waals surface area (Å²) in [6, 6.07) is 0. The van der Waals surface area contributed by atoms with Gasteiger partial charge in [-0.2, -0.15) is 0 Å². The standard InChI is InChI=1S/C16H22N2/c1-8(2)14-10(4)15-13(7)17-11(5)9(3)16(15)18-12(14)6/h8H,1-7H3. The Morgan fingerprint density at radius 2 is 1.33 bits per heavy atom. The summed E-state index contributed by atoms with van der Waals surface area (Å²) in [5.41, 5.74) is 8.39. The molecule has 2 rings (SSSR count). The van der Waals surface area contributed by atoms with E-state index < -0.39 is 0 Å². The predicted octanol–water partition coefficient (Wildman–Crippen LogP) is 4.30. The molecule has 0 aliphatic rings. The molecule has 0 spiro atoms. The van der Waals surface area contributed by atoms with Crippen LogP contribution in [0.4, 0.5) is 0 Å². The highest BCUT2D eigenvalue weighted by Gasteiger charge is 2.16. The second-order valence-electron chi connectivity index (χ2n) is 5.52. The lowest BCUT2D eigenvalue weighted by molar-refractivity contribution is 0.837. The molecule has 0 saturated carbocycles. The zero-order chi connectivity index (χ0) is 13.6. The molecule has 0 bridgehead atoms. The summed E-state index contributed by atoms with van der Waals surface area (Å²) < 4.78 is 0. The lowest BCUT2D eigenvalue weighted by Crippen LogP contribution is -2.05. The molecule has 18 heavy (non-hydrogen) atoms. The van der Waals surface area contributed by atoms with Gasteiger partial charge in [-0.15, -0.1) is 0 Å². The van der Waals surface area contributed by atoms with Crippen molar-refractivity contribution in [1.29, 1.82) is 0 Å². The number of nitrogens with zero attached hydrogens (tertiary/aromatic N) is 2. The fourth-order valence-electron chi connectivity index (χ4n) is 2.99. The maximum Gasteiger partial charge on any atom is 0.0773 e. The minimum absolute atomic E-state index is 0.503. The van der Waals surface area contributed by atoms with E-state index in [4.69, 9.17) is 4.98 Å². The molecular formula is C16H22N2. The van der Waals surface area contributed by atoms with E-state index in [0.717, 1.165) is 22.6 Å². The Morgan fingerprint density at radius 1 is 0.722 bits per heavy atom. The van der Waals surface area contributed by atoms with E-state index in [9.17, 15) is 0 Å². The first-order valence-corrected chi connectivity index (χ1v) is 6.59. The fraction of sp³-hybridized carbons (Fsp3) is 0.500. The molecule has 2 nitrogen and oxygen atoms in total. The van der Waals surface area contributed by atoms with Crippen molar-refractivity contribution in [2.75, 3.05) is 0 Å². The third kappa shape index (κ3) is 1.80. The Hall–Kier alpha value is -1.44. The molecule has 0 radical (unpaired) electrons. The third-order valence-electron chi connectivity index (χ3n) is 3.86. The second-order valence-corrected chi connectivity index (χ2v) is 5.52. The van der Waals surface area contributed by atoms with Crippen LogP contribution in [0.5, 0.6) is 0 Å². The quantitative estimate of drug-likeness (QED) is 0.745. The van der Waals surface area contributed by atoms with E-state index in [1.54, 1.807) is 0 Å². The van der Waals surface area contributed by atoms with Crippen LogP contribution in [-0.4, -0.2) is 9.97 Å². The minimum Gasteiger partial charge on any atom is -0.257 e. The van der Waals surface area contributed by atoms with Gasteiger partial charge in [-0.1, -0.05) is 13.8 Å². The van der Waals surface area contributed by atoms with Crippen molar-refractivity contribution in [3.05, 3.63) is 33.8 Å². The average molecular weight is 242 g/mol. The number of hydrogen-bond acceptors (Lipinski definition) is 2. The van der Waals surface area contributed by atoms with E-state index in [1.807, 2.05) is 0 Å². The smallest absolute Gasteiger partial charge is 0.0773 e. The summed E-state index contributed by atoms with van der Waals surface area (Å²) in [4.78, 5) is 9.49. The summed E-state index contributed by atoms with van der Waals surface area (Å²) in [7, 11) is 0. The van der Waals surface area contributed by atoms with E-state index in [1.165, 1.54) is 22.1 Å². The zero-order valence-electron chi connectivity index (χ0n) is 12.5. The highest BCUT2D eigenvalue weighted by atomic mass is 14.8. The molecule has 0 atom stereocenters. The van der Waals surface area contributed by atoms with Crippen LogP contribution in [0.1, 0.15) is 53.5 Å². The van der Waals surface area contributed by atoms with Crippen LogP contribution in [-0.2, 0) is 0 Å². The Morgan fingerprint density at radius 3 is 1.89 bits per heavy atom. The summed E-state index contributed by atoms with van der Waals surface area (Å²) in [5, 5.41) is 1.24. The van der Waals surface area contributed by atoms with E-state index >= 15 is 0 Å². The Labute approximate surface area is 109 Å². The molecule has 2 aromatic rings. The first-order chi connectivity index (χ1) is 8.34. The van der Waals surface area contributed by atoms with Crippen molar-refractivity contribution in [2.45, 2.75) is 54.4 Å². The molecule has 2 aromatic heterocycles. The molecule has 2 heteroatoms. The van der Waals surface area contributed by atoms with Gasteiger partial charge in [-0.05, 0) is 57.2 Å². The molecule has 0 unspecified atom stereocenters. The molecular weight excluding hydrogens is 220 g/mol. The van der Waals surface area contributed by atoms with Gasteiger partial charge in [0.2, 0.25) is 0 Å². The summed E-state index contributed by atoms with van der Waals surface area (Å²) in [6.07, 6.45) is 0. The summed E-state index contributed by atoms with van der Waals surface area (Å²) >= 11 is 0. The maximum atomic E-state index is 4.84. The van der Waals surface area contributed by atoms with Gasteiger partial charge in [0.25, 0.3) is 0 Å². The van der Waals surface area contributed by atoms with Gasteiger partial charge in [0.05, 0.1) is 5.52 Å². The predicted molar refractivity (Wildman–Crippen MR) is 77.3 cm³/mol. The van der Waals surface area contributed by atoms with Crippen molar-refractivity contribution in [3.8, 4) is 0 Å². The number of pyridine rings is 2. The first kappa shape index (κ1) is 13.0. The van der Waals surface area contributed by atoms with Gasteiger partial charge < -0.3 is 0 Å². The second kappa shape index (κ2) is 4.34. The zero-order valence-corrected chi connectivity index (χ0v) is 12.5. The third-order valence-corrected chi connectivity index (χ3v) is 3.86. The Bertz CT molecular complexity index is 625. The van der Waals surface area contributed by atoms with Crippen LogP contribution < -0.4 is 0 Å². The van der Waals surface area contributed by atoms with Crippen LogP contribution in [0, 0.1) is 34.6 Å². The molecule has 0 amide bonds. The number of aromatic nitrogens is 2. The highest BCUT2D eigenvalue weighted by molar-refractivity contribution is 5.88. The Balaban J connectivity index is 3.00. The monoisotopic (exact) mass is 242 g/mol. The van der Waals surface area contributed by atoms with Crippen molar-refractivity contribution in [1.82, 2.24) is 9.97 Å².